The van der Waals surface area contributed by atoms with E-state index in [1.165, 1.54) is 11.0 Å². The number of hydrogen-bond donors (Lipinski definition) is 0. The third kappa shape index (κ3) is 4.96. The molecular formula is C14H17FN2O2. The van der Waals surface area contributed by atoms with Gasteiger partial charge in [-0.25, -0.2) is 4.39 Å². The second-order valence-corrected chi connectivity index (χ2v) is 4.23. The molecule has 0 aliphatic carbocycles. The number of nitrogens with zero attached hydrogens (tertiary/aromatic N) is 2. The molecule has 0 aromatic heterocycles. The minimum Gasteiger partial charge on any atom is -0.493 e. The number of amides is 1. The van der Waals surface area contributed by atoms with Crippen molar-refractivity contribution >= 4 is 5.91 Å². The SMILES string of the molecule is Cc1ccc(OCCC(=O)N(C)CCC#N)cc1F. The third-order valence-electron chi connectivity index (χ3n) is 2.71. The Morgan fingerprint density at radius 3 is 2.89 bits per heavy atom. The maximum absolute atomic E-state index is 13.2. The second kappa shape index (κ2) is 7.37. The van der Waals surface area contributed by atoms with Crippen molar-refractivity contribution in [2.75, 3.05) is 20.2 Å². The van der Waals surface area contributed by atoms with Crippen LogP contribution < -0.4 is 4.74 Å². The highest BCUT2D eigenvalue weighted by molar-refractivity contribution is 5.75. The zero-order chi connectivity index (χ0) is 14.3. The Bertz CT molecular complexity index is 483. The van der Waals surface area contributed by atoms with E-state index in [1.54, 1.807) is 26.1 Å². The highest BCUT2D eigenvalue weighted by Gasteiger charge is 2.08. The molecule has 0 saturated carbocycles. The zero-order valence-electron chi connectivity index (χ0n) is 11.1. The first-order valence-corrected chi connectivity index (χ1v) is 6.04. The van der Waals surface area contributed by atoms with E-state index in [9.17, 15) is 9.18 Å². The summed E-state index contributed by atoms with van der Waals surface area (Å²) in [5, 5.41) is 8.42. The van der Waals surface area contributed by atoms with Gasteiger partial charge in [-0.2, -0.15) is 5.26 Å². The Balaban J connectivity index is 2.35. The van der Waals surface area contributed by atoms with Gasteiger partial charge in [-0.1, -0.05) is 6.07 Å². The fourth-order valence-electron chi connectivity index (χ4n) is 1.45. The Hall–Kier alpha value is -2.09. The maximum Gasteiger partial charge on any atom is 0.225 e. The molecule has 4 nitrogen and oxygen atoms in total. The standard InChI is InChI=1S/C14H17FN2O2/c1-11-4-5-12(10-13(11)15)19-9-6-14(18)17(2)8-3-7-16/h4-5,10H,3,6,8-9H2,1-2H3. The molecule has 0 aliphatic heterocycles. The fourth-order valence-corrected chi connectivity index (χ4v) is 1.45. The topological polar surface area (TPSA) is 53.3 Å². The van der Waals surface area contributed by atoms with Crippen LogP contribution in [0.2, 0.25) is 0 Å². The van der Waals surface area contributed by atoms with Gasteiger partial charge in [-0.3, -0.25) is 4.79 Å². The van der Waals surface area contributed by atoms with Gasteiger partial charge >= 0.3 is 0 Å². The molecule has 1 aromatic carbocycles. The summed E-state index contributed by atoms with van der Waals surface area (Å²) in [5.74, 6) is -0.00613. The average molecular weight is 264 g/mol. The van der Waals surface area contributed by atoms with Gasteiger partial charge in [0.05, 0.1) is 25.5 Å². The maximum atomic E-state index is 13.2. The van der Waals surface area contributed by atoms with Gasteiger partial charge < -0.3 is 9.64 Å². The Kier molecular flexibility index (Phi) is 5.80. The van der Waals surface area contributed by atoms with Crippen LogP contribution in [-0.2, 0) is 4.79 Å². The minimum atomic E-state index is -0.324. The first-order chi connectivity index (χ1) is 9.04. The van der Waals surface area contributed by atoms with Gasteiger partial charge in [0.2, 0.25) is 5.91 Å². The quantitative estimate of drug-likeness (QED) is 0.792. The fraction of sp³-hybridized carbons (Fsp3) is 0.429. The van der Waals surface area contributed by atoms with Crippen LogP contribution in [-0.4, -0.2) is 31.0 Å². The Labute approximate surface area is 112 Å². The van der Waals surface area contributed by atoms with Crippen molar-refractivity contribution in [1.82, 2.24) is 4.90 Å². The van der Waals surface area contributed by atoms with E-state index in [0.717, 1.165) is 0 Å². The van der Waals surface area contributed by atoms with E-state index in [0.29, 0.717) is 24.3 Å². The summed E-state index contributed by atoms with van der Waals surface area (Å²) in [6.07, 6.45) is 0.518. The number of halogens is 1. The molecule has 5 heteroatoms. The van der Waals surface area contributed by atoms with Gasteiger partial charge in [0.15, 0.2) is 0 Å². The van der Waals surface area contributed by atoms with E-state index in [2.05, 4.69) is 0 Å². The number of hydrogen-bond acceptors (Lipinski definition) is 3. The monoisotopic (exact) mass is 264 g/mol. The molecule has 0 unspecified atom stereocenters. The van der Waals surface area contributed by atoms with E-state index >= 15 is 0 Å². The Morgan fingerprint density at radius 2 is 2.26 bits per heavy atom. The molecule has 0 aliphatic rings. The van der Waals surface area contributed by atoms with Crippen molar-refractivity contribution in [3.05, 3.63) is 29.6 Å². The first-order valence-electron chi connectivity index (χ1n) is 6.04. The summed E-state index contributed by atoms with van der Waals surface area (Å²) in [5.41, 5.74) is 0.555. The summed E-state index contributed by atoms with van der Waals surface area (Å²) < 4.78 is 18.6. The number of aryl methyl sites for hydroxylation is 1. The summed E-state index contributed by atoms with van der Waals surface area (Å²) in [6, 6.07) is 6.58. The third-order valence-corrected chi connectivity index (χ3v) is 2.71. The van der Waals surface area contributed by atoms with Crippen molar-refractivity contribution in [1.29, 1.82) is 5.26 Å². The predicted octanol–water partition coefficient (Wildman–Crippen LogP) is 2.28. The summed E-state index contributed by atoms with van der Waals surface area (Å²) in [7, 11) is 1.64. The number of carbonyl (C=O) groups is 1. The molecule has 19 heavy (non-hydrogen) atoms. The van der Waals surface area contributed by atoms with Crippen LogP contribution in [0.15, 0.2) is 18.2 Å². The number of carbonyl (C=O) groups excluding carboxylic acids is 1. The molecular weight excluding hydrogens is 247 g/mol. The van der Waals surface area contributed by atoms with E-state index in [1.807, 2.05) is 6.07 Å². The lowest BCUT2D eigenvalue weighted by atomic mass is 10.2. The molecule has 0 bridgehead atoms. The van der Waals surface area contributed by atoms with Gasteiger partial charge in [-0.05, 0) is 18.6 Å². The number of ether oxygens (including phenoxy) is 1. The molecule has 0 heterocycles. The predicted molar refractivity (Wildman–Crippen MR) is 69.1 cm³/mol. The van der Waals surface area contributed by atoms with Crippen molar-refractivity contribution in [3.63, 3.8) is 0 Å². The van der Waals surface area contributed by atoms with Crippen molar-refractivity contribution in [2.45, 2.75) is 19.8 Å². The average Bonchev–Trinajstić information content (AvgIpc) is 2.39. The van der Waals surface area contributed by atoms with Gasteiger partial charge in [-0.15, -0.1) is 0 Å². The molecule has 102 valence electrons. The van der Waals surface area contributed by atoms with Gasteiger partial charge in [0.25, 0.3) is 0 Å². The van der Waals surface area contributed by atoms with E-state index in [4.69, 9.17) is 10.00 Å². The van der Waals surface area contributed by atoms with Gasteiger partial charge in [0, 0.05) is 19.7 Å². The smallest absolute Gasteiger partial charge is 0.225 e. The number of nitriles is 1. The molecule has 1 aromatic rings. The van der Waals surface area contributed by atoms with Gasteiger partial charge in [0.1, 0.15) is 11.6 Å². The van der Waals surface area contributed by atoms with Crippen LogP contribution in [0.25, 0.3) is 0 Å². The summed E-state index contributed by atoms with van der Waals surface area (Å²) >= 11 is 0. The molecule has 0 N–H and O–H groups in total. The lowest BCUT2D eigenvalue weighted by molar-refractivity contribution is -0.130. The van der Waals surface area contributed by atoms with E-state index in [-0.39, 0.29) is 24.8 Å². The lowest BCUT2D eigenvalue weighted by Crippen LogP contribution is -2.28. The second-order valence-electron chi connectivity index (χ2n) is 4.23. The van der Waals surface area contributed by atoms with Crippen LogP contribution in [0.3, 0.4) is 0 Å². The lowest BCUT2D eigenvalue weighted by Gasteiger charge is -2.15. The van der Waals surface area contributed by atoms with Crippen LogP contribution in [0.4, 0.5) is 4.39 Å². The van der Waals surface area contributed by atoms with Crippen LogP contribution in [0.1, 0.15) is 18.4 Å². The first kappa shape index (κ1) is 15.0. The highest BCUT2D eigenvalue weighted by atomic mass is 19.1. The summed E-state index contributed by atoms with van der Waals surface area (Å²) in [4.78, 5) is 13.1. The molecule has 0 radical (unpaired) electrons. The molecule has 0 fully saturated rings. The number of benzene rings is 1. The highest BCUT2D eigenvalue weighted by Crippen LogP contribution is 2.15. The van der Waals surface area contributed by atoms with Crippen LogP contribution in [0.5, 0.6) is 5.75 Å². The van der Waals surface area contributed by atoms with Crippen LogP contribution in [0, 0.1) is 24.1 Å². The van der Waals surface area contributed by atoms with Crippen LogP contribution >= 0.6 is 0 Å². The number of rotatable bonds is 6. The van der Waals surface area contributed by atoms with E-state index < -0.39 is 0 Å². The van der Waals surface area contributed by atoms with Crippen molar-refractivity contribution in [3.8, 4) is 11.8 Å². The zero-order valence-corrected chi connectivity index (χ0v) is 11.1. The van der Waals surface area contributed by atoms with Crippen molar-refractivity contribution in [2.24, 2.45) is 0 Å². The molecule has 0 atom stereocenters. The van der Waals surface area contributed by atoms with Crippen molar-refractivity contribution < 1.29 is 13.9 Å². The Morgan fingerprint density at radius 1 is 1.53 bits per heavy atom. The minimum absolute atomic E-state index is 0.0946. The largest absolute Gasteiger partial charge is 0.493 e. The molecule has 1 rings (SSSR count). The molecule has 0 saturated heterocycles. The normalized spacial score (nSPS) is 9.79. The molecule has 1 amide bonds. The summed E-state index contributed by atoms with van der Waals surface area (Å²) in [6.45, 7) is 2.28. The molecule has 0 spiro atoms.